The molecule has 0 N–H and O–H groups in total. The van der Waals surface area contributed by atoms with E-state index in [0.29, 0.717) is 11.3 Å². The molecular formula is C24H19NO2. The summed E-state index contributed by atoms with van der Waals surface area (Å²) in [7, 11) is 0. The highest BCUT2D eigenvalue weighted by molar-refractivity contribution is 6.07. The number of fused-ring (bicyclic) bond motifs is 1. The number of rotatable bonds is 3. The van der Waals surface area contributed by atoms with E-state index in [1.165, 1.54) is 0 Å². The predicted octanol–water partition coefficient (Wildman–Crippen LogP) is 5.74. The molecule has 0 unspecified atom stereocenters. The minimum atomic E-state index is -0.368. The summed E-state index contributed by atoms with van der Waals surface area (Å²) < 4.78 is 5.67. The first-order chi connectivity index (χ1) is 13.1. The third-order valence-electron chi connectivity index (χ3n) is 4.62. The fraction of sp³-hybridized carbons (Fsp3) is 0.0833. The molecule has 0 atom stereocenters. The molecule has 4 aromatic rings. The van der Waals surface area contributed by atoms with Crippen molar-refractivity contribution < 1.29 is 9.53 Å². The Morgan fingerprint density at radius 3 is 2.22 bits per heavy atom. The highest BCUT2D eigenvalue weighted by atomic mass is 16.5. The Morgan fingerprint density at radius 2 is 1.48 bits per heavy atom. The van der Waals surface area contributed by atoms with Gasteiger partial charge in [0.15, 0.2) is 0 Å². The molecule has 0 amide bonds. The number of carbonyl (C=O) groups is 1. The molecule has 0 saturated heterocycles. The van der Waals surface area contributed by atoms with Crippen LogP contribution in [0.15, 0.2) is 78.9 Å². The number of hydrogen-bond donors (Lipinski definition) is 0. The molecule has 0 aliphatic heterocycles. The van der Waals surface area contributed by atoms with Crippen LogP contribution in [-0.4, -0.2) is 11.0 Å². The fourth-order valence-corrected chi connectivity index (χ4v) is 3.21. The lowest BCUT2D eigenvalue weighted by molar-refractivity contribution is 0.0736. The average Bonchev–Trinajstić information content (AvgIpc) is 2.70. The molecular weight excluding hydrogens is 334 g/mol. The molecule has 4 rings (SSSR count). The maximum absolute atomic E-state index is 13.1. The zero-order chi connectivity index (χ0) is 18.8. The first kappa shape index (κ1) is 17.0. The van der Waals surface area contributed by atoms with Crippen molar-refractivity contribution in [1.29, 1.82) is 0 Å². The average molecular weight is 353 g/mol. The number of aryl methyl sites for hydroxylation is 1. The number of aromatic nitrogens is 1. The van der Waals surface area contributed by atoms with Crippen molar-refractivity contribution in [2.45, 2.75) is 13.8 Å². The van der Waals surface area contributed by atoms with Gasteiger partial charge in [0.05, 0.1) is 16.8 Å². The van der Waals surface area contributed by atoms with Gasteiger partial charge in [-0.2, -0.15) is 0 Å². The molecule has 27 heavy (non-hydrogen) atoms. The van der Waals surface area contributed by atoms with Gasteiger partial charge >= 0.3 is 5.97 Å². The van der Waals surface area contributed by atoms with Gasteiger partial charge in [-0.1, -0.05) is 66.2 Å². The molecule has 1 heterocycles. The van der Waals surface area contributed by atoms with E-state index < -0.39 is 0 Å². The number of para-hydroxylation sites is 1. The maximum Gasteiger partial charge on any atom is 0.344 e. The van der Waals surface area contributed by atoms with E-state index in [0.717, 1.165) is 33.3 Å². The second-order valence-corrected chi connectivity index (χ2v) is 6.55. The molecule has 0 radical (unpaired) electrons. The highest BCUT2D eigenvalue weighted by Gasteiger charge is 2.20. The lowest BCUT2D eigenvalue weighted by Gasteiger charge is -2.14. The van der Waals surface area contributed by atoms with Gasteiger partial charge < -0.3 is 4.74 Å². The van der Waals surface area contributed by atoms with E-state index in [1.54, 1.807) is 0 Å². The monoisotopic (exact) mass is 353 g/mol. The van der Waals surface area contributed by atoms with E-state index >= 15 is 0 Å². The number of nitrogens with zero attached hydrogens (tertiary/aromatic N) is 1. The molecule has 1 aromatic heterocycles. The van der Waals surface area contributed by atoms with Gasteiger partial charge in [0.1, 0.15) is 5.75 Å². The number of benzene rings is 3. The van der Waals surface area contributed by atoms with Crippen molar-refractivity contribution in [3.63, 3.8) is 0 Å². The van der Waals surface area contributed by atoms with E-state index in [-0.39, 0.29) is 5.97 Å². The summed E-state index contributed by atoms with van der Waals surface area (Å²) in [5, 5.41) is 0.798. The summed E-state index contributed by atoms with van der Waals surface area (Å²) in [4.78, 5) is 17.9. The Morgan fingerprint density at radius 1 is 0.815 bits per heavy atom. The van der Waals surface area contributed by atoms with Gasteiger partial charge in [-0.15, -0.1) is 0 Å². The van der Waals surface area contributed by atoms with E-state index in [4.69, 9.17) is 9.72 Å². The van der Waals surface area contributed by atoms with Gasteiger partial charge in [-0.05, 0) is 37.6 Å². The summed E-state index contributed by atoms with van der Waals surface area (Å²) in [6, 6.07) is 25.0. The molecule has 3 aromatic carbocycles. The van der Waals surface area contributed by atoms with Gasteiger partial charge in [-0.25, -0.2) is 9.78 Å². The van der Waals surface area contributed by atoms with Crippen LogP contribution < -0.4 is 4.74 Å². The minimum absolute atomic E-state index is 0.368. The molecule has 132 valence electrons. The van der Waals surface area contributed by atoms with Crippen LogP contribution >= 0.6 is 0 Å². The molecule has 0 spiro atoms. The molecule has 3 nitrogen and oxygen atoms in total. The van der Waals surface area contributed by atoms with Gasteiger partial charge in [0.2, 0.25) is 0 Å². The number of carbonyl (C=O) groups excluding carboxylic acids is 1. The molecule has 3 heteroatoms. The minimum Gasteiger partial charge on any atom is -0.423 e. The van der Waals surface area contributed by atoms with Crippen molar-refractivity contribution in [2.24, 2.45) is 0 Å². The van der Waals surface area contributed by atoms with Crippen LogP contribution in [0.25, 0.3) is 22.2 Å². The van der Waals surface area contributed by atoms with Gasteiger partial charge in [0.25, 0.3) is 0 Å². The van der Waals surface area contributed by atoms with E-state index in [2.05, 4.69) is 0 Å². The second kappa shape index (κ2) is 7.04. The Balaban J connectivity index is 1.86. The lowest BCUT2D eigenvalue weighted by atomic mass is 9.98. The summed E-state index contributed by atoms with van der Waals surface area (Å²) >= 11 is 0. The van der Waals surface area contributed by atoms with Crippen LogP contribution in [0.2, 0.25) is 0 Å². The van der Waals surface area contributed by atoms with Crippen LogP contribution in [0.1, 0.15) is 21.5 Å². The van der Waals surface area contributed by atoms with Gasteiger partial charge in [-0.3, -0.25) is 0 Å². The zero-order valence-electron chi connectivity index (χ0n) is 15.3. The quantitative estimate of drug-likeness (QED) is 0.348. The van der Waals surface area contributed by atoms with E-state index in [1.807, 2.05) is 92.7 Å². The van der Waals surface area contributed by atoms with Crippen molar-refractivity contribution in [3.8, 4) is 17.0 Å². The Labute approximate surface area is 158 Å². The second-order valence-electron chi connectivity index (χ2n) is 6.55. The smallest absolute Gasteiger partial charge is 0.344 e. The summed E-state index contributed by atoms with van der Waals surface area (Å²) in [5.74, 6) is 0.166. The van der Waals surface area contributed by atoms with Crippen LogP contribution in [-0.2, 0) is 0 Å². The summed E-state index contributed by atoms with van der Waals surface area (Å²) in [5.41, 5.74) is 5.04. The number of ether oxygens (including phenoxy) is 1. The molecule has 0 bridgehead atoms. The largest absolute Gasteiger partial charge is 0.423 e. The molecule has 0 saturated carbocycles. The molecule has 0 aliphatic rings. The molecule has 0 aliphatic carbocycles. The summed E-state index contributed by atoms with van der Waals surface area (Å²) in [6.07, 6.45) is 0. The Bertz CT molecular complexity index is 1120. The van der Waals surface area contributed by atoms with Crippen LogP contribution in [0.4, 0.5) is 0 Å². The maximum atomic E-state index is 13.1. The number of pyridine rings is 1. The first-order valence-corrected chi connectivity index (χ1v) is 8.87. The third-order valence-corrected chi connectivity index (χ3v) is 4.62. The van der Waals surface area contributed by atoms with Crippen molar-refractivity contribution in [3.05, 3.63) is 95.6 Å². The van der Waals surface area contributed by atoms with Crippen LogP contribution in [0.5, 0.6) is 5.75 Å². The number of esters is 1. The summed E-state index contributed by atoms with van der Waals surface area (Å²) in [6.45, 7) is 3.92. The van der Waals surface area contributed by atoms with E-state index in [9.17, 15) is 4.79 Å². The highest BCUT2D eigenvalue weighted by Crippen LogP contribution is 2.30. The zero-order valence-corrected chi connectivity index (χ0v) is 15.3. The Hall–Kier alpha value is -3.46. The SMILES string of the molecule is Cc1ccc(OC(=O)c2c(C)c(-c3ccccc3)nc3ccccc23)cc1. The predicted molar refractivity (Wildman–Crippen MR) is 108 cm³/mol. The van der Waals surface area contributed by atoms with Crippen molar-refractivity contribution in [1.82, 2.24) is 4.98 Å². The Kier molecular flexibility index (Phi) is 4.43. The van der Waals surface area contributed by atoms with Crippen molar-refractivity contribution in [2.75, 3.05) is 0 Å². The lowest BCUT2D eigenvalue weighted by Crippen LogP contribution is -2.12. The first-order valence-electron chi connectivity index (χ1n) is 8.87. The van der Waals surface area contributed by atoms with Gasteiger partial charge in [0, 0.05) is 10.9 Å². The number of hydrogen-bond acceptors (Lipinski definition) is 3. The van der Waals surface area contributed by atoms with Crippen LogP contribution in [0, 0.1) is 13.8 Å². The fourth-order valence-electron chi connectivity index (χ4n) is 3.21. The standard InChI is InChI=1S/C24H19NO2/c1-16-12-14-19(15-13-16)27-24(26)22-17(2)23(18-8-4-3-5-9-18)25-21-11-7-6-10-20(21)22/h3-15H,1-2H3. The normalized spacial score (nSPS) is 10.7. The third kappa shape index (κ3) is 3.32. The topological polar surface area (TPSA) is 39.2 Å². The molecule has 0 fully saturated rings. The van der Waals surface area contributed by atoms with Crippen LogP contribution in [0.3, 0.4) is 0 Å². The van der Waals surface area contributed by atoms with Crippen molar-refractivity contribution >= 4 is 16.9 Å².